The van der Waals surface area contributed by atoms with Crippen LogP contribution in [-0.4, -0.2) is 18.8 Å². The van der Waals surface area contributed by atoms with E-state index in [0.29, 0.717) is 5.01 Å². The smallest absolute Gasteiger partial charge is 0.453 e. The van der Waals surface area contributed by atoms with Gasteiger partial charge in [-0.25, -0.2) is 4.79 Å². The van der Waals surface area contributed by atoms with E-state index in [1.54, 1.807) is 23.3 Å². The van der Waals surface area contributed by atoms with Gasteiger partial charge in [-0.2, -0.15) is 0 Å². The molecule has 0 aliphatic carbocycles. The van der Waals surface area contributed by atoms with Gasteiger partial charge in [-0.1, -0.05) is 28.3 Å². The molecule has 1 aromatic carbocycles. The first kappa shape index (κ1) is 15.7. The van der Waals surface area contributed by atoms with Crippen LogP contribution in [0.3, 0.4) is 0 Å². The third-order valence-corrected chi connectivity index (χ3v) is 4.37. The van der Waals surface area contributed by atoms with Gasteiger partial charge in [0.2, 0.25) is 0 Å². The van der Waals surface area contributed by atoms with Gasteiger partial charge in [0, 0.05) is 35.5 Å². The minimum atomic E-state index is -0.0563. The van der Waals surface area contributed by atoms with Crippen molar-refractivity contribution in [3.8, 4) is 0 Å². The third kappa shape index (κ3) is 2.72. The Morgan fingerprint density at radius 1 is 1.29 bits per heavy atom. The molecule has 1 aromatic heterocycles. The normalized spacial score (nSPS) is 17.2. The number of benzene rings is 1. The van der Waals surface area contributed by atoms with Crippen LogP contribution >= 0.6 is 11.3 Å². The lowest BCUT2D eigenvalue weighted by atomic mass is 10.2. The monoisotopic (exact) mass is 321 g/mol. The molecule has 1 N–H and O–H groups in total. The Hall–Kier alpha value is -1.69. The van der Waals surface area contributed by atoms with Crippen molar-refractivity contribution in [2.45, 2.75) is 13.8 Å². The second-order valence-electron chi connectivity index (χ2n) is 4.91. The fraction of sp³-hybridized carbons (Fsp3) is 0.200. The van der Waals surface area contributed by atoms with Crippen LogP contribution in [-0.2, 0) is 0 Å². The van der Waals surface area contributed by atoms with Crippen LogP contribution in [0.25, 0.3) is 10.1 Å². The van der Waals surface area contributed by atoms with Crippen molar-refractivity contribution in [3.05, 3.63) is 41.4 Å². The number of nitrogens with zero attached hydrogens (tertiary/aromatic N) is 2. The number of halogens is 1. The molecule has 21 heavy (non-hydrogen) atoms. The zero-order valence-electron chi connectivity index (χ0n) is 12.1. The minimum absolute atomic E-state index is 0. The molecule has 1 aliphatic heterocycles. The SMILES string of the molecule is CC1=CC(C)=N[NH+]1C(=O)N(C)c1csc2ccccc12.[Cl-]. The van der Waals surface area contributed by atoms with Crippen molar-refractivity contribution in [1.82, 2.24) is 0 Å². The van der Waals surface area contributed by atoms with E-state index in [1.807, 2.05) is 43.5 Å². The van der Waals surface area contributed by atoms with Crippen molar-refractivity contribution >= 4 is 38.9 Å². The fourth-order valence-electron chi connectivity index (χ4n) is 2.39. The van der Waals surface area contributed by atoms with E-state index in [0.717, 1.165) is 22.5 Å². The molecule has 6 heteroatoms. The number of hydrogen-bond donors (Lipinski definition) is 1. The number of quaternary nitrogens is 1. The summed E-state index contributed by atoms with van der Waals surface area (Å²) in [6.07, 6.45) is 1.94. The largest absolute Gasteiger partial charge is 1.00 e. The summed E-state index contributed by atoms with van der Waals surface area (Å²) >= 11 is 1.65. The number of nitrogens with one attached hydrogen (secondary N) is 1. The Labute approximate surface area is 133 Å². The Bertz CT molecular complexity index is 750. The van der Waals surface area contributed by atoms with E-state index >= 15 is 0 Å². The number of carbonyl (C=O) groups is 1. The average Bonchev–Trinajstić information content (AvgIpc) is 3.00. The number of anilines is 1. The predicted octanol–water partition coefficient (Wildman–Crippen LogP) is -0.360. The molecule has 110 valence electrons. The topological polar surface area (TPSA) is 37.1 Å². The number of fused-ring (bicyclic) bond motifs is 1. The molecule has 0 saturated carbocycles. The summed E-state index contributed by atoms with van der Waals surface area (Å²) in [6.45, 7) is 3.83. The van der Waals surface area contributed by atoms with E-state index < -0.39 is 0 Å². The Morgan fingerprint density at radius 2 is 2.00 bits per heavy atom. The summed E-state index contributed by atoms with van der Waals surface area (Å²) in [5.74, 6) is 0. The number of urea groups is 1. The molecule has 4 nitrogen and oxygen atoms in total. The van der Waals surface area contributed by atoms with Gasteiger partial charge in [0.15, 0.2) is 0 Å². The highest BCUT2D eigenvalue weighted by atomic mass is 35.5. The predicted molar refractivity (Wildman–Crippen MR) is 83.5 cm³/mol. The molecular weight excluding hydrogens is 306 g/mol. The van der Waals surface area contributed by atoms with Crippen molar-refractivity contribution in [2.24, 2.45) is 5.10 Å². The third-order valence-electron chi connectivity index (χ3n) is 3.42. The molecular formula is C15H16ClN3OS. The van der Waals surface area contributed by atoms with Crippen LogP contribution in [0.15, 0.2) is 46.5 Å². The number of carbonyl (C=O) groups excluding carboxylic acids is 1. The summed E-state index contributed by atoms with van der Waals surface area (Å²) in [5.41, 5.74) is 2.75. The molecule has 0 spiro atoms. The summed E-state index contributed by atoms with van der Waals surface area (Å²) in [6, 6.07) is 8.06. The van der Waals surface area contributed by atoms with Crippen molar-refractivity contribution < 1.29 is 22.2 Å². The van der Waals surface area contributed by atoms with Crippen LogP contribution in [0, 0.1) is 0 Å². The first-order chi connectivity index (χ1) is 9.58. The van der Waals surface area contributed by atoms with Crippen LogP contribution in [0.4, 0.5) is 10.5 Å². The van der Waals surface area contributed by atoms with E-state index in [9.17, 15) is 4.79 Å². The van der Waals surface area contributed by atoms with Gasteiger partial charge in [0.05, 0.1) is 11.4 Å². The van der Waals surface area contributed by atoms with Crippen LogP contribution in [0.5, 0.6) is 0 Å². The molecule has 1 atom stereocenters. The van der Waals surface area contributed by atoms with Gasteiger partial charge < -0.3 is 12.4 Å². The number of thiophene rings is 1. The fourth-order valence-corrected chi connectivity index (χ4v) is 3.37. The Kier molecular flexibility index (Phi) is 4.46. The van der Waals surface area contributed by atoms with E-state index in [2.05, 4.69) is 11.2 Å². The summed E-state index contributed by atoms with van der Waals surface area (Å²) in [7, 11) is 1.81. The lowest BCUT2D eigenvalue weighted by molar-refractivity contribution is -0.775. The Morgan fingerprint density at radius 3 is 2.67 bits per heavy atom. The lowest BCUT2D eigenvalue weighted by Gasteiger charge is -2.17. The van der Waals surface area contributed by atoms with Crippen LogP contribution < -0.4 is 22.3 Å². The van der Waals surface area contributed by atoms with E-state index in [1.165, 1.54) is 4.70 Å². The summed E-state index contributed by atoms with van der Waals surface area (Å²) in [4.78, 5) is 14.3. The average molecular weight is 322 g/mol. The molecule has 1 unspecified atom stereocenters. The number of hydrogen-bond acceptors (Lipinski definition) is 3. The van der Waals surface area contributed by atoms with Crippen LogP contribution in [0.1, 0.15) is 13.8 Å². The van der Waals surface area contributed by atoms with Crippen molar-refractivity contribution in [3.63, 3.8) is 0 Å². The maximum Gasteiger partial charge on any atom is 0.453 e. The molecule has 1 aliphatic rings. The van der Waals surface area contributed by atoms with Gasteiger partial charge in [-0.15, -0.1) is 11.3 Å². The van der Waals surface area contributed by atoms with Gasteiger partial charge in [-0.3, -0.25) is 4.90 Å². The minimum Gasteiger partial charge on any atom is -1.00 e. The summed E-state index contributed by atoms with van der Waals surface area (Å²) in [5, 5.41) is 8.00. The zero-order valence-corrected chi connectivity index (χ0v) is 13.6. The van der Waals surface area contributed by atoms with E-state index in [4.69, 9.17) is 0 Å². The molecule has 2 amide bonds. The number of amides is 2. The van der Waals surface area contributed by atoms with Gasteiger partial charge in [0.25, 0.3) is 0 Å². The maximum atomic E-state index is 12.6. The highest BCUT2D eigenvalue weighted by Gasteiger charge is 2.31. The molecule has 0 radical (unpaired) electrons. The van der Waals surface area contributed by atoms with Crippen molar-refractivity contribution in [2.75, 3.05) is 11.9 Å². The first-order valence-electron chi connectivity index (χ1n) is 6.43. The Balaban J connectivity index is 0.00000161. The zero-order chi connectivity index (χ0) is 14.3. The quantitative estimate of drug-likeness (QED) is 0.765. The lowest BCUT2D eigenvalue weighted by Crippen LogP contribution is -3.09. The molecule has 3 rings (SSSR count). The second-order valence-corrected chi connectivity index (χ2v) is 5.82. The highest BCUT2D eigenvalue weighted by molar-refractivity contribution is 7.17. The van der Waals surface area contributed by atoms with Gasteiger partial charge in [-0.05, 0) is 13.0 Å². The van der Waals surface area contributed by atoms with Gasteiger partial charge >= 0.3 is 6.03 Å². The summed E-state index contributed by atoms with van der Waals surface area (Å²) < 4.78 is 1.19. The standard InChI is InChI=1S/C15H15N3OS.ClH/c1-10-8-11(2)18(16-10)15(19)17(3)13-9-20-14-7-5-4-6-12(13)14;/h4-9H,1-3H3;1H. The highest BCUT2D eigenvalue weighted by Crippen LogP contribution is 2.31. The van der Waals surface area contributed by atoms with E-state index in [-0.39, 0.29) is 18.4 Å². The van der Waals surface area contributed by atoms with Gasteiger partial charge in [0.1, 0.15) is 5.70 Å². The molecule has 0 bridgehead atoms. The second kappa shape index (κ2) is 5.97. The molecule has 0 saturated heterocycles. The maximum absolute atomic E-state index is 12.6. The molecule has 0 fully saturated rings. The molecule has 2 aromatic rings. The first-order valence-corrected chi connectivity index (χ1v) is 7.31. The number of allylic oxidation sites excluding steroid dienone is 2. The number of rotatable bonds is 1. The molecule has 2 heterocycles. The van der Waals surface area contributed by atoms with Crippen LogP contribution in [0.2, 0.25) is 0 Å². The van der Waals surface area contributed by atoms with Crippen molar-refractivity contribution in [1.29, 1.82) is 0 Å².